The highest BCUT2D eigenvalue weighted by atomic mass is 35.5. The van der Waals surface area contributed by atoms with Gasteiger partial charge in [0.05, 0.1) is 11.1 Å². The average Bonchev–Trinajstić information content (AvgIpc) is 2.92. The van der Waals surface area contributed by atoms with Crippen molar-refractivity contribution < 1.29 is 4.74 Å². The Kier molecular flexibility index (Phi) is 2.70. The summed E-state index contributed by atoms with van der Waals surface area (Å²) in [6.45, 7) is 0. The largest absolute Gasteiger partial charge is 0.489 e. The minimum Gasteiger partial charge on any atom is -0.489 e. The first kappa shape index (κ1) is 9.22. The fourth-order valence-electron chi connectivity index (χ4n) is 1.10. The first-order valence-electron chi connectivity index (χ1n) is 4.30. The summed E-state index contributed by atoms with van der Waals surface area (Å²) in [6, 6.07) is 5.92. The molecule has 0 unspecified atom stereocenters. The minimum atomic E-state index is 0.412. The molecular weight excluding hydrogens is 204 g/mol. The van der Waals surface area contributed by atoms with Gasteiger partial charge in [-0.05, 0) is 31.2 Å². The van der Waals surface area contributed by atoms with Crippen LogP contribution in [0.2, 0.25) is 5.02 Å². The Labute approximate surface area is 87.4 Å². The molecule has 1 saturated carbocycles. The van der Waals surface area contributed by atoms with E-state index in [4.69, 9.17) is 16.3 Å². The van der Waals surface area contributed by atoms with Gasteiger partial charge in [-0.3, -0.25) is 0 Å². The number of ether oxygens (including phenoxy) is 1. The first-order chi connectivity index (χ1) is 6.31. The lowest BCUT2D eigenvalue weighted by Gasteiger charge is -2.08. The van der Waals surface area contributed by atoms with E-state index in [1.165, 1.54) is 12.8 Å². The van der Waals surface area contributed by atoms with Gasteiger partial charge in [-0.2, -0.15) is 0 Å². The van der Waals surface area contributed by atoms with Gasteiger partial charge in [0.15, 0.2) is 0 Å². The van der Waals surface area contributed by atoms with Gasteiger partial charge in [-0.25, -0.2) is 0 Å². The molecule has 1 aromatic rings. The standard InChI is InChI=1S/C10H11ClOS/c1-13-9-4-2-3-8(10(9)11)12-7-5-6-7/h2-4,7H,5-6H2,1H3. The van der Waals surface area contributed by atoms with Crippen LogP contribution in [0.4, 0.5) is 0 Å². The Morgan fingerprint density at radius 3 is 2.85 bits per heavy atom. The Balaban J connectivity index is 2.22. The molecule has 3 heteroatoms. The molecule has 0 heterocycles. The molecule has 1 aliphatic carbocycles. The average molecular weight is 215 g/mol. The van der Waals surface area contributed by atoms with E-state index >= 15 is 0 Å². The van der Waals surface area contributed by atoms with Crippen LogP contribution in [-0.4, -0.2) is 12.4 Å². The summed E-state index contributed by atoms with van der Waals surface area (Å²) in [6.07, 6.45) is 4.76. The van der Waals surface area contributed by atoms with Crippen molar-refractivity contribution in [1.82, 2.24) is 0 Å². The topological polar surface area (TPSA) is 9.23 Å². The SMILES string of the molecule is CSc1cccc(OC2CC2)c1Cl. The van der Waals surface area contributed by atoms with Crippen LogP contribution in [0.25, 0.3) is 0 Å². The lowest BCUT2D eigenvalue weighted by Crippen LogP contribution is -1.96. The second kappa shape index (κ2) is 3.81. The first-order valence-corrected chi connectivity index (χ1v) is 5.90. The number of halogens is 1. The Hall–Kier alpha value is -0.340. The van der Waals surface area contributed by atoms with Crippen molar-refractivity contribution >= 4 is 23.4 Å². The van der Waals surface area contributed by atoms with Gasteiger partial charge in [0.25, 0.3) is 0 Å². The molecule has 1 fully saturated rings. The summed E-state index contributed by atoms with van der Waals surface area (Å²) in [5.41, 5.74) is 0. The van der Waals surface area contributed by atoms with Gasteiger partial charge in [0, 0.05) is 4.90 Å². The molecule has 0 atom stereocenters. The number of hydrogen-bond donors (Lipinski definition) is 0. The van der Waals surface area contributed by atoms with E-state index in [9.17, 15) is 0 Å². The van der Waals surface area contributed by atoms with Crippen LogP contribution in [0.1, 0.15) is 12.8 Å². The molecule has 13 heavy (non-hydrogen) atoms. The third kappa shape index (κ3) is 2.12. The summed E-state index contributed by atoms with van der Waals surface area (Å²) in [7, 11) is 0. The molecule has 0 aromatic heterocycles. The highest BCUT2D eigenvalue weighted by molar-refractivity contribution is 7.98. The number of benzene rings is 1. The molecule has 1 aromatic carbocycles. The maximum Gasteiger partial charge on any atom is 0.139 e. The fraction of sp³-hybridized carbons (Fsp3) is 0.400. The van der Waals surface area contributed by atoms with Gasteiger partial charge >= 0.3 is 0 Å². The summed E-state index contributed by atoms with van der Waals surface area (Å²) in [5.74, 6) is 0.830. The van der Waals surface area contributed by atoms with Gasteiger partial charge in [0.2, 0.25) is 0 Å². The Bertz CT molecular complexity index is 310. The van der Waals surface area contributed by atoms with Crippen LogP contribution in [0.5, 0.6) is 5.75 Å². The van der Waals surface area contributed by atoms with E-state index in [2.05, 4.69) is 0 Å². The molecule has 2 rings (SSSR count). The zero-order valence-electron chi connectivity index (χ0n) is 7.42. The zero-order chi connectivity index (χ0) is 9.26. The van der Waals surface area contributed by atoms with Gasteiger partial charge in [0.1, 0.15) is 5.75 Å². The Morgan fingerprint density at radius 2 is 2.23 bits per heavy atom. The predicted molar refractivity (Wildman–Crippen MR) is 56.9 cm³/mol. The van der Waals surface area contributed by atoms with Crippen molar-refractivity contribution in [1.29, 1.82) is 0 Å². The van der Waals surface area contributed by atoms with Crippen LogP contribution >= 0.6 is 23.4 Å². The highest BCUT2D eigenvalue weighted by Crippen LogP contribution is 2.36. The third-order valence-electron chi connectivity index (χ3n) is 1.97. The van der Waals surface area contributed by atoms with Gasteiger partial charge in [-0.1, -0.05) is 17.7 Å². The van der Waals surface area contributed by atoms with Crippen molar-refractivity contribution in [2.75, 3.05) is 6.26 Å². The van der Waals surface area contributed by atoms with E-state index in [-0.39, 0.29) is 0 Å². The van der Waals surface area contributed by atoms with Crippen LogP contribution < -0.4 is 4.74 Å². The predicted octanol–water partition coefficient (Wildman–Crippen LogP) is 3.60. The molecule has 1 aliphatic rings. The minimum absolute atomic E-state index is 0.412. The molecule has 0 bridgehead atoms. The molecule has 1 nitrogen and oxygen atoms in total. The van der Waals surface area contributed by atoms with Crippen molar-refractivity contribution in [3.8, 4) is 5.75 Å². The van der Waals surface area contributed by atoms with Gasteiger partial charge < -0.3 is 4.74 Å². The van der Waals surface area contributed by atoms with Crippen LogP contribution in [0, 0.1) is 0 Å². The number of thioether (sulfide) groups is 1. The summed E-state index contributed by atoms with van der Waals surface area (Å²) >= 11 is 7.78. The molecule has 70 valence electrons. The van der Waals surface area contributed by atoms with E-state index < -0.39 is 0 Å². The molecule has 0 amide bonds. The van der Waals surface area contributed by atoms with Crippen molar-refractivity contribution in [2.24, 2.45) is 0 Å². The van der Waals surface area contributed by atoms with E-state index in [1.54, 1.807) is 11.8 Å². The summed E-state index contributed by atoms with van der Waals surface area (Å²) < 4.78 is 5.65. The van der Waals surface area contributed by atoms with Gasteiger partial charge in [-0.15, -0.1) is 11.8 Å². The molecule has 0 radical (unpaired) electrons. The second-order valence-corrected chi connectivity index (χ2v) is 4.32. The molecular formula is C10H11ClOS. The highest BCUT2D eigenvalue weighted by Gasteiger charge is 2.24. The number of hydrogen-bond acceptors (Lipinski definition) is 2. The maximum atomic E-state index is 6.13. The zero-order valence-corrected chi connectivity index (χ0v) is 8.99. The van der Waals surface area contributed by atoms with E-state index in [1.807, 2.05) is 24.5 Å². The monoisotopic (exact) mass is 214 g/mol. The lowest BCUT2D eigenvalue weighted by molar-refractivity contribution is 0.302. The second-order valence-electron chi connectivity index (χ2n) is 3.09. The quantitative estimate of drug-likeness (QED) is 0.711. The van der Waals surface area contributed by atoms with E-state index in [0.717, 1.165) is 15.7 Å². The summed E-state index contributed by atoms with van der Waals surface area (Å²) in [5, 5.41) is 0.752. The normalized spacial score (nSPS) is 15.8. The molecule has 0 N–H and O–H groups in total. The van der Waals surface area contributed by atoms with Crippen molar-refractivity contribution in [3.05, 3.63) is 23.2 Å². The summed E-state index contributed by atoms with van der Waals surface area (Å²) in [4.78, 5) is 1.08. The fourth-order valence-corrected chi connectivity index (χ4v) is 2.00. The van der Waals surface area contributed by atoms with Crippen LogP contribution in [0.15, 0.2) is 23.1 Å². The maximum absolute atomic E-state index is 6.13. The lowest BCUT2D eigenvalue weighted by atomic mass is 10.3. The smallest absolute Gasteiger partial charge is 0.139 e. The molecule has 0 spiro atoms. The molecule has 0 aliphatic heterocycles. The molecule has 0 saturated heterocycles. The van der Waals surface area contributed by atoms with E-state index in [0.29, 0.717) is 6.10 Å². The number of rotatable bonds is 3. The van der Waals surface area contributed by atoms with Crippen molar-refractivity contribution in [2.45, 2.75) is 23.8 Å². The van der Waals surface area contributed by atoms with Crippen molar-refractivity contribution in [3.63, 3.8) is 0 Å². The van der Waals surface area contributed by atoms with Crippen LogP contribution in [0.3, 0.4) is 0 Å². The third-order valence-corrected chi connectivity index (χ3v) is 3.25. The Morgan fingerprint density at radius 1 is 1.46 bits per heavy atom. The van der Waals surface area contributed by atoms with Crippen LogP contribution in [-0.2, 0) is 0 Å².